The molecule has 0 aliphatic rings. The molecule has 0 saturated carbocycles. The van der Waals surface area contributed by atoms with E-state index in [4.69, 9.17) is 0 Å². The Bertz CT molecular complexity index is 959. The van der Waals surface area contributed by atoms with E-state index in [1.165, 1.54) is 13.8 Å². The zero-order chi connectivity index (χ0) is 19.1. The van der Waals surface area contributed by atoms with Crippen LogP contribution in [-0.4, -0.2) is 31.4 Å². The van der Waals surface area contributed by atoms with Crippen LogP contribution in [0.1, 0.15) is 35.6 Å². The number of rotatable bonds is 3. The highest BCUT2D eigenvalue weighted by Crippen LogP contribution is 2.32. The van der Waals surface area contributed by atoms with Gasteiger partial charge in [0.2, 0.25) is 0 Å². The third-order valence-corrected chi connectivity index (χ3v) is 3.67. The zero-order valence-corrected chi connectivity index (χ0v) is 13.7. The van der Waals surface area contributed by atoms with Gasteiger partial charge in [0, 0.05) is 22.8 Å². The molecule has 3 aromatic rings. The average Bonchev–Trinajstić information content (AvgIpc) is 3.00. The first kappa shape index (κ1) is 17.8. The molecule has 0 saturated heterocycles. The molecule has 3 N–H and O–H groups in total. The first-order valence-corrected chi connectivity index (χ1v) is 7.48. The highest BCUT2D eigenvalue weighted by Gasteiger charge is 2.33. The van der Waals surface area contributed by atoms with Gasteiger partial charge in [0.15, 0.2) is 11.4 Å². The minimum absolute atomic E-state index is 0.285. The lowest BCUT2D eigenvalue weighted by Gasteiger charge is -2.22. The van der Waals surface area contributed by atoms with Crippen molar-refractivity contribution in [3.05, 3.63) is 47.4 Å². The van der Waals surface area contributed by atoms with Crippen LogP contribution in [0.3, 0.4) is 0 Å². The molecule has 2 aromatic heterocycles. The van der Waals surface area contributed by atoms with E-state index in [0.717, 1.165) is 6.07 Å². The van der Waals surface area contributed by atoms with Crippen molar-refractivity contribution in [1.29, 1.82) is 0 Å². The minimum atomic E-state index is -4.64. The molecule has 3 rings (SSSR count). The number of aromatic nitrogens is 4. The first-order chi connectivity index (χ1) is 12.1. The van der Waals surface area contributed by atoms with Gasteiger partial charge >= 0.3 is 6.18 Å². The van der Waals surface area contributed by atoms with Crippen LogP contribution in [0.4, 0.5) is 18.9 Å². The Kier molecular flexibility index (Phi) is 4.15. The zero-order valence-electron chi connectivity index (χ0n) is 13.7. The van der Waals surface area contributed by atoms with E-state index in [-0.39, 0.29) is 11.4 Å². The van der Waals surface area contributed by atoms with Crippen molar-refractivity contribution >= 4 is 22.5 Å². The van der Waals surface area contributed by atoms with Gasteiger partial charge < -0.3 is 10.4 Å². The van der Waals surface area contributed by atoms with Crippen LogP contribution in [0, 0.1) is 0 Å². The van der Waals surface area contributed by atoms with Gasteiger partial charge in [-0.1, -0.05) is 0 Å². The quantitative estimate of drug-likeness (QED) is 0.662. The number of H-pyrrole nitrogens is 1. The summed E-state index contributed by atoms with van der Waals surface area (Å²) in [6, 6.07) is 4.82. The summed E-state index contributed by atoms with van der Waals surface area (Å²) in [5, 5.41) is 26.6. The van der Waals surface area contributed by atoms with Crippen LogP contribution in [-0.2, 0) is 11.8 Å². The second kappa shape index (κ2) is 6.06. The summed E-state index contributed by atoms with van der Waals surface area (Å²) in [7, 11) is 0. The number of benzene rings is 1. The maximum absolute atomic E-state index is 12.5. The average molecular weight is 365 g/mol. The minimum Gasteiger partial charge on any atom is -0.386 e. The predicted octanol–water partition coefficient (Wildman–Crippen LogP) is 2.85. The van der Waals surface area contributed by atoms with E-state index in [2.05, 4.69) is 25.7 Å². The number of alkyl halides is 3. The third kappa shape index (κ3) is 3.49. The number of carbonyl (C=O) groups excluding carboxylic acids is 1. The van der Waals surface area contributed by atoms with Crippen molar-refractivity contribution in [1.82, 2.24) is 20.4 Å². The number of nitrogens with zero attached hydrogens (tertiary/aromatic N) is 3. The van der Waals surface area contributed by atoms with Crippen molar-refractivity contribution in [2.45, 2.75) is 25.6 Å². The molecule has 0 atom stereocenters. The molecule has 0 fully saturated rings. The van der Waals surface area contributed by atoms with E-state index in [0.29, 0.717) is 22.5 Å². The van der Waals surface area contributed by atoms with Gasteiger partial charge in [-0.05, 0) is 38.1 Å². The molecular weight excluding hydrogens is 351 g/mol. The number of hydrogen-bond donors (Lipinski definition) is 3. The molecule has 26 heavy (non-hydrogen) atoms. The maximum atomic E-state index is 12.5. The normalized spacial score (nSPS) is 12.4. The fourth-order valence-electron chi connectivity index (χ4n) is 2.39. The molecule has 7 nitrogen and oxygen atoms in total. The summed E-state index contributed by atoms with van der Waals surface area (Å²) < 4.78 is 37.6. The monoisotopic (exact) mass is 365 g/mol. The van der Waals surface area contributed by atoms with E-state index in [1.807, 2.05) is 0 Å². The van der Waals surface area contributed by atoms with Gasteiger partial charge in [0.1, 0.15) is 0 Å². The Hall–Kier alpha value is -3.01. The number of anilines is 1. The standard InChI is InChI=1S/C16H14F3N5O2/c1-15(2,26)9-6-11-8(7-20-22-11)5-12(9)21-14(25)10-3-4-13(24-23-10)16(17,18)19/h3-7,26H,1-2H3,(H,20,22)(H,21,25). The van der Waals surface area contributed by atoms with Gasteiger partial charge in [-0.2, -0.15) is 18.3 Å². The van der Waals surface area contributed by atoms with Crippen LogP contribution in [0.15, 0.2) is 30.5 Å². The Balaban J connectivity index is 1.94. The van der Waals surface area contributed by atoms with Gasteiger partial charge in [0.25, 0.3) is 5.91 Å². The largest absolute Gasteiger partial charge is 0.435 e. The second-order valence-corrected chi connectivity index (χ2v) is 6.16. The van der Waals surface area contributed by atoms with Crippen LogP contribution < -0.4 is 5.32 Å². The highest BCUT2D eigenvalue weighted by molar-refractivity contribution is 6.04. The smallest absolute Gasteiger partial charge is 0.386 e. The summed E-state index contributed by atoms with van der Waals surface area (Å²) in [6.07, 6.45) is -3.03. The molecule has 0 aliphatic carbocycles. The highest BCUT2D eigenvalue weighted by atomic mass is 19.4. The Morgan fingerprint density at radius 2 is 1.92 bits per heavy atom. The summed E-state index contributed by atoms with van der Waals surface area (Å²) in [6.45, 7) is 3.07. The van der Waals surface area contributed by atoms with Crippen LogP contribution in [0.25, 0.3) is 10.9 Å². The molecule has 0 unspecified atom stereocenters. The Labute approximate surface area is 145 Å². The second-order valence-electron chi connectivity index (χ2n) is 6.16. The Morgan fingerprint density at radius 3 is 2.50 bits per heavy atom. The van der Waals surface area contributed by atoms with E-state index in [1.54, 1.807) is 18.3 Å². The molecule has 1 aromatic carbocycles. The fourth-order valence-corrected chi connectivity index (χ4v) is 2.39. The van der Waals surface area contributed by atoms with Gasteiger partial charge in [-0.25, -0.2) is 0 Å². The topological polar surface area (TPSA) is 104 Å². The van der Waals surface area contributed by atoms with Crippen molar-refractivity contribution < 1.29 is 23.1 Å². The van der Waals surface area contributed by atoms with Crippen molar-refractivity contribution in [3.8, 4) is 0 Å². The lowest BCUT2D eigenvalue weighted by atomic mass is 9.95. The number of carbonyl (C=O) groups is 1. The summed E-state index contributed by atoms with van der Waals surface area (Å²) in [5.74, 6) is -0.750. The van der Waals surface area contributed by atoms with Gasteiger partial charge in [-0.3, -0.25) is 9.89 Å². The summed E-state index contributed by atoms with van der Waals surface area (Å²) >= 11 is 0. The summed E-state index contributed by atoms with van der Waals surface area (Å²) in [5.41, 5.74) is -1.49. The molecular formula is C16H14F3N5O2. The van der Waals surface area contributed by atoms with Gasteiger partial charge in [-0.15, -0.1) is 10.2 Å². The molecule has 136 valence electrons. The maximum Gasteiger partial charge on any atom is 0.435 e. The molecule has 0 spiro atoms. The number of hydrogen-bond acceptors (Lipinski definition) is 5. The Morgan fingerprint density at radius 1 is 1.19 bits per heavy atom. The summed E-state index contributed by atoms with van der Waals surface area (Å²) in [4.78, 5) is 12.3. The molecule has 0 aliphatic heterocycles. The lowest BCUT2D eigenvalue weighted by molar-refractivity contribution is -0.141. The molecule has 1 amide bonds. The number of nitrogens with one attached hydrogen (secondary N) is 2. The van der Waals surface area contributed by atoms with Crippen molar-refractivity contribution in [2.24, 2.45) is 0 Å². The number of halogens is 3. The van der Waals surface area contributed by atoms with Crippen LogP contribution >= 0.6 is 0 Å². The van der Waals surface area contributed by atoms with E-state index >= 15 is 0 Å². The van der Waals surface area contributed by atoms with Crippen LogP contribution in [0.2, 0.25) is 0 Å². The molecule has 2 heterocycles. The van der Waals surface area contributed by atoms with Crippen molar-refractivity contribution in [2.75, 3.05) is 5.32 Å². The first-order valence-electron chi connectivity index (χ1n) is 7.48. The fraction of sp³-hybridized carbons (Fsp3) is 0.250. The van der Waals surface area contributed by atoms with Crippen molar-refractivity contribution in [3.63, 3.8) is 0 Å². The van der Waals surface area contributed by atoms with Crippen LogP contribution in [0.5, 0.6) is 0 Å². The molecule has 10 heteroatoms. The SMILES string of the molecule is CC(C)(O)c1cc2n[nH]cc2cc1NC(=O)c1ccc(C(F)(F)F)nn1. The predicted molar refractivity (Wildman–Crippen MR) is 86.3 cm³/mol. The third-order valence-electron chi connectivity index (χ3n) is 3.67. The lowest BCUT2D eigenvalue weighted by Crippen LogP contribution is -2.22. The van der Waals surface area contributed by atoms with E-state index in [9.17, 15) is 23.1 Å². The molecule has 0 radical (unpaired) electrons. The number of aliphatic hydroxyl groups is 1. The van der Waals surface area contributed by atoms with E-state index < -0.39 is 23.4 Å². The number of fused-ring (bicyclic) bond motifs is 1. The number of aromatic amines is 1. The molecule has 0 bridgehead atoms. The van der Waals surface area contributed by atoms with Gasteiger partial charge in [0.05, 0.1) is 11.1 Å². The number of amides is 1.